The maximum Gasteiger partial charge on any atom is 0.238 e. The Hall–Kier alpha value is -1.84. The lowest BCUT2D eigenvalue weighted by Crippen LogP contribution is -2.43. The van der Waals surface area contributed by atoms with Gasteiger partial charge in [0, 0.05) is 18.3 Å². The number of hydrogen-bond donors (Lipinski definition) is 1. The highest BCUT2D eigenvalue weighted by molar-refractivity contribution is 6.14. The summed E-state index contributed by atoms with van der Waals surface area (Å²) in [4.78, 5) is 27.6. The van der Waals surface area contributed by atoms with Gasteiger partial charge in [0.15, 0.2) is 0 Å². The number of nitrogens with zero attached hydrogens (tertiary/aromatic N) is 1. The zero-order valence-corrected chi connectivity index (χ0v) is 13.8. The van der Waals surface area contributed by atoms with Gasteiger partial charge in [-0.3, -0.25) is 9.59 Å². The molecule has 1 heterocycles. The van der Waals surface area contributed by atoms with Crippen molar-refractivity contribution in [2.24, 2.45) is 11.8 Å². The quantitative estimate of drug-likeness (QED) is 0.929. The fourth-order valence-electron chi connectivity index (χ4n) is 4.07. The molecule has 1 aromatic carbocycles. The molecular formula is C19H24N2O2. The summed E-state index contributed by atoms with van der Waals surface area (Å²) < 4.78 is 0. The number of carbonyl (C=O) groups excluding carboxylic acids is 2. The minimum Gasteiger partial charge on any atom is -0.353 e. The highest BCUT2D eigenvalue weighted by Gasteiger charge is 2.69. The van der Waals surface area contributed by atoms with Crippen molar-refractivity contribution in [3.8, 4) is 0 Å². The highest BCUT2D eigenvalue weighted by Crippen LogP contribution is 2.61. The Balaban J connectivity index is 1.62. The maximum absolute atomic E-state index is 13.1. The molecule has 0 bridgehead atoms. The second-order valence-electron chi connectivity index (χ2n) is 7.69. The molecule has 122 valence electrons. The Morgan fingerprint density at radius 1 is 1.35 bits per heavy atom. The van der Waals surface area contributed by atoms with Crippen molar-refractivity contribution >= 4 is 17.5 Å². The molecule has 2 amide bonds. The summed E-state index contributed by atoms with van der Waals surface area (Å²) >= 11 is 0. The van der Waals surface area contributed by atoms with E-state index in [1.165, 1.54) is 6.42 Å². The Kier molecular flexibility index (Phi) is 3.26. The molecule has 1 aliphatic heterocycles. The molecule has 2 fully saturated rings. The van der Waals surface area contributed by atoms with Crippen LogP contribution in [0.3, 0.4) is 0 Å². The van der Waals surface area contributed by atoms with Gasteiger partial charge in [-0.2, -0.15) is 0 Å². The van der Waals surface area contributed by atoms with E-state index >= 15 is 0 Å². The third-order valence-electron chi connectivity index (χ3n) is 5.58. The largest absolute Gasteiger partial charge is 0.353 e. The smallest absolute Gasteiger partial charge is 0.238 e. The van der Waals surface area contributed by atoms with Crippen molar-refractivity contribution in [1.82, 2.24) is 5.32 Å². The van der Waals surface area contributed by atoms with Gasteiger partial charge in [0.05, 0.1) is 11.3 Å². The van der Waals surface area contributed by atoms with Gasteiger partial charge in [0.25, 0.3) is 0 Å². The van der Waals surface area contributed by atoms with E-state index in [4.69, 9.17) is 0 Å². The number of rotatable bonds is 4. The summed E-state index contributed by atoms with van der Waals surface area (Å²) in [5.41, 5.74) is 1.48. The molecule has 0 aromatic heterocycles. The molecule has 3 aliphatic rings. The second kappa shape index (κ2) is 5.08. The molecule has 23 heavy (non-hydrogen) atoms. The number of amides is 2. The third-order valence-corrected chi connectivity index (χ3v) is 5.58. The molecule has 4 rings (SSSR count). The van der Waals surface area contributed by atoms with Crippen LogP contribution in [0.4, 0.5) is 5.69 Å². The Morgan fingerprint density at radius 2 is 2.09 bits per heavy atom. The van der Waals surface area contributed by atoms with E-state index in [-0.39, 0.29) is 17.7 Å². The number of anilines is 1. The lowest BCUT2D eigenvalue weighted by Gasteiger charge is -2.26. The molecule has 0 saturated heterocycles. The van der Waals surface area contributed by atoms with E-state index in [0.29, 0.717) is 24.9 Å². The van der Waals surface area contributed by atoms with Crippen LogP contribution < -0.4 is 10.2 Å². The summed E-state index contributed by atoms with van der Waals surface area (Å²) in [5, 5.41) is 3.13. The molecule has 1 aromatic rings. The molecule has 1 spiro atoms. The van der Waals surface area contributed by atoms with E-state index in [2.05, 4.69) is 19.2 Å². The van der Waals surface area contributed by atoms with Crippen molar-refractivity contribution in [2.45, 2.75) is 51.0 Å². The molecule has 2 unspecified atom stereocenters. The number of fused-ring (bicyclic) bond motifs is 2. The van der Waals surface area contributed by atoms with Crippen LogP contribution in [0.25, 0.3) is 0 Å². The Bertz CT molecular complexity index is 665. The molecule has 2 saturated carbocycles. The molecule has 4 nitrogen and oxygen atoms in total. The molecule has 0 radical (unpaired) electrons. The van der Waals surface area contributed by atoms with Crippen LogP contribution >= 0.6 is 0 Å². The predicted octanol–water partition coefficient (Wildman–Crippen LogP) is 2.62. The fraction of sp³-hybridized carbons (Fsp3) is 0.579. The lowest BCUT2D eigenvalue weighted by molar-refractivity contribution is -0.127. The van der Waals surface area contributed by atoms with E-state index in [9.17, 15) is 9.59 Å². The Morgan fingerprint density at radius 3 is 2.74 bits per heavy atom. The van der Waals surface area contributed by atoms with Gasteiger partial charge in [-0.05, 0) is 43.2 Å². The molecular weight excluding hydrogens is 288 g/mol. The van der Waals surface area contributed by atoms with Crippen LogP contribution in [0.5, 0.6) is 0 Å². The van der Waals surface area contributed by atoms with Gasteiger partial charge < -0.3 is 10.2 Å². The third kappa shape index (κ3) is 2.11. The van der Waals surface area contributed by atoms with Gasteiger partial charge in [-0.25, -0.2) is 0 Å². The maximum atomic E-state index is 13.1. The minimum atomic E-state index is -0.584. The van der Waals surface area contributed by atoms with Crippen molar-refractivity contribution in [2.75, 3.05) is 11.4 Å². The molecule has 1 N–H and O–H groups in total. The number of carbonyl (C=O) groups is 2. The summed E-state index contributed by atoms with van der Waals surface area (Å²) in [6.07, 6.45) is 4.02. The highest BCUT2D eigenvalue weighted by atomic mass is 16.2. The predicted molar refractivity (Wildman–Crippen MR) is 89.2 cm³/mol. The van der Waals surface area contributed by atoms with Gasteiger partial charge >= 0.3 is 0 Å². The molecule has 2 atom stereocenters. The normalized spacial score (nSPS) is 28.9. The van der Waals surface area contributed by atoms with Crippen LogP contribution in [-0.4, -0.2) is 24.4 Å². The van der Waals surface area contributed by atoms with Crippen molar-refractivity contribution < 1.29 is 9.59 Å². The first kappa shape index (κ1) is 14.7. The van der Waals surface area contributed by atoms with Crippen molar-refractivity contribution in [3.63, 3.8) is 0 Å². The second-order valence-corrected chi connectivity index (χ2v) is 7.69. The van der Waals surface area contributed by atoms with Crippen molar-refractivity contribution in [3.05, 3.63) is 29.8 Å². The topological polar surface area (TPSA) is 49.4 Å². The number of benzene rings is 1. The first-order valence-electron chi connectivity index (χ1n) is 8.76. The van der Waals surface area contributed by atoms with Gasteiger partial charge in [0.2, 0.25) is 11.8 Å². The summed E-state index contributed by atoms with van der Waals surface area (Å²) in [7, 11) is 0. The lowest BCUT2D eigenvalue weighted by atomic mass is 9.91. The van der Waals surface area contributed by atoms with Gasteiger partial charge in [-0.1, -0.05) is 32.0 Å². The van der Waals surface area contributed by atoms with Crippen molar-refractivity contribution in [1.29, 1.82) is 0 Å². The number of hydrogen-bond acceptors (Lipinski definition) is 2. The summed E-state index contributed by atoms with van der Waals surface area (Å²) in [6.45, 7) is 4.96. The first-order valence-corrected chi connectivity index (χ1v) is 8.76. The van der Waals surface area contributed by atoms with E-state index < -0.39 is 5.41 Å². The first-order chi connectivity index (χ1) is 11.0. The van der Waals surface area contributed by atoms with E-state index in [1.807, 2.05) is 29.2 Å². The van der Waals surface area contributed by atoms with Gasteiger partial charge in [0.1, 0.15) is 0 Å². The van der Waals surface area contributed by atoms with Crippen LogP contribution in [0, 0.1) is 11.8 Å². The van der Waals surface area contributed by atoms with E-state index in [0.717, 1.165) is 24.1 Å². The number of para-hydroxylation sites is 1. The van der Waals surface area contributed by atoms with Crippen LogP contribution in [0.1, 0.15) is 45.1 Å². The molecule has 2 aliphatic carbocycles. The number of nitrogens with one attached hydrogen (secondary N) is 1. The zero-order valence-electron chi connectivity index (χ0n) is 13.8. The fourth-order valence-corrected chi connectivity index (χ4v) is 4.07. The van der Waals surface area contributed by atoms with Gasteiger partial charge in [-0.15, -0.1) is 0 Å². The monoisotopic (exact) mass is 312 g/mol. The molecule has 4 heteroatoms. The average molecular weight is 312 g/mol. The van der Waals surface area contributed by atoms with Crippen LogP contribution in [-0.2, 0) is 15.0 Å². The SMILES string of the molecule is CC(C)CN1C(=O)C2(CC2C(=O)NC2CCC2)c2ccccc21. The Labute approximate surface area is 137 Å². The van der Waals surface area contributed by atoms with Crippen LogP contribution in [0.2, 0.25) is 0 Å². The minimum absolute atomic E-state index is 0.0734. The summed E-state index contributed by atoms with van der Waals surface area (Å²) in [6, 6.07) is 8.34. The standard InChI is InChI=1S/C19H24N2O2/c1-12(2)11-21-16-9-4-3-8-14(16)19(18(21)23)10-15(19)17(22)20-13-6-5-7-13/h3-4,8-9,12-13,15H,5-7,10-11H2,1-2H3,(H,20,22). The summed E-state index contributed by atoms with van der Waals surface area (Å²) in [5.74, 6) is 0.419. The van der Waals surface area contributed by atoms with Crippen LogP contribution in [0.15, 0.2) is 24.3 Å². The van der Waals surface area contributed by atoms with E-state index in [1.54, 1.807) is 0 Å². The zero-order chi connectivity index (χ0) is 16.2. The average Bonchev–Trinajstić information content (AvgIpc) is 3.19.